The predicted molar refractivity (Wildman–Crippen MR) is 184 cm³/mol. The van der Waals surface area contributed by atoms with Gasteiger partial charge in [-0.15, -0.1) is 0 Å². The maximum atomic E-state index is 13.0. The van der Waals surface area contributed by atoms with Gasteiger partial charge in [-0.2, -0.15) is 4.98 Å². The fourth-order valence-electron chi connectivity index (χ4n) is 5.61. The van der Waals surface area contributed by atoms with Crippen LogP contribution in [0, 0.1) is 0 Å². The lowest BCUT2D eigenvalue weighted by Crippen LogP contribution is -2.38. The summed E-state index contributed by atoms with van der Waals surface area (Å²) in [6.07, 6.45) is -1.53. The van der Waals surface area contributed by atoms with Gasteiger partial charge in [-0.1, -0.05) is 74.2 Å². The molecule has 5 rings (SSSR count). The smallest absolute Gasteiger partial charge is 0.412 e. The van der Waals surface area contributed by atoms with E-state index in [1.54, 1.807) is 14.2 Å². The highest BCUT2D eigenvalue weighted by atomic mass is 28.3. The number of nitrogens with zero attached hydrogens (tertiary/aromatic N) is 2. The maximum Gasteiger partial charge on any atom is 0.412 e. The quantitative estimate of drug-likeness (QED) is 0.134. The molecule has 1 saturated heterocycles. The molecule has 2 heterocycles. The molecule has 12 heteroatoms. The van der Waals surface area contributed by atoms with Crippen molar-refractivity contribution in [1.82, 2.24) is 9.55 Å². The van der Waals surface area contributed by atoms with Crippen LogP contribution in [0.4, 0.5) is 10.6 Å². The van der Waals surface area contributed by atoms with Gasteiger partial charge in [0.15, 0.2) is 0 Å². The van der Waals surface area contributed by atoms with Crippen LogP contribution in [0.2, 0.25) is 25.7 Å². The van der Waals surface area contributed by atoms with E-state index < -0.39 is 43.9 Å². The van der Waals surface area contributed by atoms with Gasteiger partial charge in [0, 0.05) is 20.7 Å². The summed E-state index contributed by atoms with van der Waals surface area (Å²) in [7, 11) is 1.87. The number of amides is 1. The molecule has 1 amide bonds. The minimum atomic E-state index is -1.36. The molecule has 2 N–H and O–H groups in total. The van der Waals surface area contributed by atoms with E-state index in [0.29, 0.717) is 18.1 Å². The van der Waals surface area contributed by atoms with Crippen molar-refractivity contribution < 1.29 is 33.6 Å². The number of carbonyl (C=O) groups excluding carboxylic acids is 1. The normalized spacial score (nSPS) is 17.9. The van der Waals surface area contributed by atoms with Crippen LogP contribution in [0.1, 0.15) is 29.3 Å². The van der Waals surface area contributed by atoms with Crippen molar-refractivity contribution in [3.63, 3.8) is 0 Å². The molecular weight excluding hydrogens is 630 g/mol. The molecule has 3 atom stereocenters. The van der Waals surface area contributed by atoms with Gasteiger partial charge in [0.2, 0.25) is 0 Å². The van der Waals surface area contributed by atoms with Crippen LogP contribution in [-0.4, -0.2) is 68.5 Å². The van der Waals surface area contributed by atoms with Crippen LogP contribution >= 0.6 is 0 Å². The van der Waals surface area contributed by atoms with Crippen molar-refractivity contribution in [2.24, 2.45) is 0 Å². The summed E-state index contributed by atoms with van der Waals surface area (Å²) in [5.41, 5.74) is 0.809. The van der Waals surface area contributed by atoms with Crippen LogP contribution < -0.4 is 20.5 Å². The summed E-state index contributed by atoms with van der Waals surface area (Å²) in [6.45, 7) is 6.87. The van der Waals surface area contributed by atoms with Gasteiger partial charge < -0.3 is 28.8 Å². The molecule has 0 aliphatic carbocycles. The monoisotopic (exact) mass is 673 g/mol. The van der Waals surface area contributed by atoms with Crippen molar-refractivity contribution in [3.8, 4) is 11.5 Å². The van der Waals surface area contributed by atoms with E-state index in [-0.39, 0.29) is 18.8 Å². The Morgan fingerprint density at radius 2 is 1.52 bits per heavy atom. The Morgan fingerprint density at radius 3 is 2.06 bits per heavy atom. The van der Waals surface area contributed by atoms with E-state index in [0.717, 1.165) is 22.7 Å². The number of rotatable bonds is 13. The first-order chi connectivity index (χ1) is 23.0. The number of aliphatic hydroxyl groups excluding tert-OH is 1. The number of anilines is 1. The van der Waals surface area contributed by atoms with Gasteiger partial charge in [-0.3, -0.25) is 9.88 Å². The molecular formula is C36H43N3O8Si. The predicted octanol–water partition coefficient (Wildman–Crippen LogP) is 5.80. The van der Waals surface area contributed by atoms with Crippen molar-refractivity contribution in [3.05, 3.63) is 118 Å². The van der Waals surface area contributed by atoms with Gasteiger partial charge >= 0.3 is 11.8 Å². The number of nitrogens with one attached hydrogen (secondary N) is 1. The number of ether oxygens (including phenoxy) is 5. The summed E-state index contributed by atoms with van der Waals surface area (Å²) in [5, 5.41) is 13.6. The summed E-state index contributed by atoms with van der Waals surface area (Å²) < 4.78 is 30.5. The fourth-order valence-corrected chi connectivity index (χ4v) is 6.32. The molecule has 0 radical (unpaired) electrons. The number of hydrogen-bond donors (Lipinski definition) is 2. The minimum Gasteiger partial charge on any atom is -0.497 e. The zero-order valence-corrected chi connectivity index (χ0v) is 28.9. The Hall–Kier alpha value is -4.49. The first-order valence-corrected chi connectivity index (χ1v) is 19.6. The molecule has 11 nitrogen and oxygen atoms in total. The number of methoxy groups -OCH3 is 2. The van der Waals surface area contributed by atoms with Crippen LogP contribution in [0.25, 0.3) is 0 Å². The second-order valence-corrected chi connectivity index (χ2v) is 18.4. The number of aromatic nitrogens is 2. The Balaban J connectivity index is 1.37. The average Bonchev–Trinajstić information content (AvgIpc) is 3.45. The number of benzene rings is 3. The van der Waals surface area contributed by atoms with Crippen LogP contribution in [0.3, 0.4) is 0 Å². The highest BCUT2D eigenvalue weighted by Gasteiger charge is 2.42. The largest absolute Gasteiger partial charge is 0.497 e. The molecule has 4 aromatic rings. The number of carbonyl (C=O) groups is 1. The Morgan fingerprint density at radius 1 is 0.938 bits per heavy atom. The fraction of sp³-hybridized carbons (Fsp3) is 0.361. The van der Waals surface area contributed by atoms with E-state index >= 15 is 0 Å². The molecule has 254 valence electrons. The highest BCUT2D eigenvalue weighted by molar-refractivity contribution is 6.76. The highest BCUT2D eigenvalue weighted by Crippen LogP contribution is 2.42. The molecule has 1 aliphatic heterocycles. The van der Waals surface area contributed by atoms with Crippen molar-refractivity contribution in [2.45, 2.75) is 56.1 Å². The lowest BCUT2D eigenvalue weighted by Gasteiger charge is -2.37. The second kappa shape index (κ2) is 15.2. The van der Waals surface area contributed by atoms with Crippen LogP contribution in [-0.2, 0) is 19.8 Å². The SMILES string of the molecule is COc1ccc(C(OC[C@H]2O[C@@H](n3ccc(NC(=O)OCC[Si](C)(C)C)nc3=O)C[C@@H]2O)(c2ccccc2)c2ccc(OC)cc2)cc1. The Kier molecular flexibility index (Phi) is 11.0. The summed E-state index contributed by atoms with van der Waals surface area (Å²) in [5.74, 6) is 1.47. The minimum absolute atomic E-state index is 0.00426. The van der Waals surface area contributed by atoms with E-state index in [1.165, 1.54) is 16.8 Å². The molecule has 48 heavy (non-hydrogen) atoms. The van der Waals surface area contributed by atoms with Gasteiger partial charge in [-0.25, -0.2) is 9.59 Å². The Labute approximate surface area is 281 Å². The van der Waals surface area contributed by atoms with E-state index in [9.17, 15) is 14.7 Å². The third-order valence-corrected chi connectivity index (χ3v) is 10.0. The van der Waals surface area contributed by atoms with Gasteiger partial charge in [-0.05, 0) is 53.1 Å². The standard InChI is InChI=1S/C36H43N3O8Si/c1-43-28-15-11-26(12-16-28)36(25-9-7-6-8-10-25,27-13-17-29(44-2)18-14-27)46-24-31-30(40)23-33(47-31)39-20-19-32(37-34(39)41)38-35(42)45-21-22-48(3,4)5/h6-20,30-31,33,40H,21-24H2,1-5H3,(H,37,38,41,42)/t30-,31+,33+/m0/s1. The Bertz CT molecular complexity index is 1660. The average molecular weight is 674 g/mol. The molecule has 1 fully saturated rings. The molecule has 0 spiro atoms. The van der Waals surface area contributed by atoms with E-state index in [1.807, 2.05) is 78.9 Å². The zero-order valence-electron chi connectivity index (χ0n) is 27.9. The van der Waals surface area contributed by atoms with E-state index in [4.69, 9.17) is 23.7 Å². The van der Waals surface area contributed by atoms with Crippen LogP contribution in [0.15, 0.2) is 95.9 Å². The third-order valence-electron chi connectivity index (χ3n) is 8.30. The van der Waals surface area contributed by atoms with Crippen molar-refractivity contribution in [1.29, 1.82) is 0 Å². The molecule has 1 aliphatic rings. The van der Waals surface area contributed by atoms with Gasteiger partial charge in [0.1, 0.15) is 35.2 Å². The molecule has 1 aromatic heterocycles. The van der Waals surface area contributed by atoms with Crippen molar-refractivity contribution in [2.75, 3.05) is 32.8 Å². The summed E-state index contributed by atoms with van der Waals surface area (Å²) >= 11 is 0. The zero-order chi connectivity index (χ0) is 34.3. The first-order valence-electron chi connectivity index (χ1n) is 15.9. The first kappa shape index (κ1) is 34.8. The second-order valence-electron chi connectivity index (χ2n) is 12.8. The lowest BCUT2D eigenvalue weighted by molar-refractivity contribution is -0.0944. The van der Waals surface area contributed by atoms with Gasteiger partial charge in [0.05, 0.1) is 33.5 Å². The van der Waals surface area contributed by atoms with Crippen LogP contribution in [0.5, 0.6) is 11.5 Å². The van der Waals surface area contributed by atoms with Gasteiger partial charge in [0.25, 0.3) is 0 Å². The summed E-state index contributed by atoms with van der Waals surface area (Å²) in [4.78, 5) is 29.2. The molecule has 0 saturated carbocycles. The van der Waals surface area contributed by atoms with E-state index in [2.05, 4.69) is 29.9 Å². The number of hydrogen-bond acceptors (Lipinski definition) is 9. The topological polar surface area (TPSA) is 130 Å². The lowest BCUT2D eigenvalue weighted by atomic mass is 9.80. The maximum absolute atomic E-state index is 13.0. The third kappa shape index (κ3) is 8.13. The molecule has 0 unspecified atom stereocenters. The molecule has 3 aromatic carbocycles. The molecule has 0 bridgehead atoms. The van der Waals surface area contributed by atoms with Crippen molar-refractivity contribution >= 4 is 20.0 Å². The summed E-state index contributed by atoms with van der Waals surface area (Å²) in [6, 6.07) is 27.5. The number of aliphatic hydroxyl groups is 1.